The number of fused-ring (bicyclic) bond motifs is 8. The summed E-state index contributed by atoms with van der Waals surface area (Å²) in [5.74, 6) is 0. The largest absolute Gasteiger partial charge is 0.223 e. The Morgan fingerprint density at radius 2 is 1.29 bits per heavy atom. The first kappa shape index (κ1) is 17.6. The second-order valence-electron chi connectivity index (χ2n) is 7.56. The summed E-state index contributed by atoms with van der Waals surface area (Å²) in [6, 6.07) is 27.8. The summed E-state index contributed by atoms with van der Waals surface area (Å²) in [4.78, 5) is 9.37. The molecule has 3 aromatic heterocycles. The van der Waals surface area contributed by atoms with Gasteiger partial charge in [-0.2, -0.15) is 0 Å². The number of benzene rings is 4. The summed E-state index contributed by atoms with van der Waals surface area (Å²) < 4.78 is 4.81. The summed E-state index contributed by atoms with van der Waals surface area (Å²) in [6.45, 7) is 0. The van der Waals surface area contributed by atoms with Crippen molar-refractivity contribution in [2.45, 2.75) is 0 Å². The van der Waals surface area contributed by atoms with Crippen molar-refractivity contribution < 1.29 is 0 Å². The molecule has 7 rings (SSSR count). The van der Waals surface area contributed by atoms with Crippen LogP contribution in [0.5, 0.6) is 0 Å². The van der Waals surface area contributed by atoms with Gasteiger partial charge >= 0.3 is 0 Å². The Kier molecular flexibility index (Phi) is 3.68. The minimum absolute atomic E-state index is 0.286. The molecule has 0 N–H and O–H groups in total. The summed E-state index contributed by atoms with van der Waals surface area (Å²) in [7, 11) is 0. The monoisotopic (exact) mass is 452 g/mol. The molecule has 0 spiro atoms. The Labute approximate surface area is 190 Å². The van der Waals surface area contributed by atoms with Gasteiger partial charge in [-0.15, -0.1) is 22.7 Å². The van der Waals surface area contributed by atoms with E-state index in [0.29, 0.717) is 0 Å². The highest BCUT2D eigenvalue weighted by molar-refractivity contribution is 7.27. The Morgan fingerprint density at radius 3 is 2.13 bits per heavy atom. The Hall–Kier alpha value is -3.05. The van der Waals surface area contributed by atoms with Gasteiger partial charge in [0.15, 0.2) is 0 Å². The quantitative estimate of drug-likeness (QED) is 0.233. The molecule has 0 unspecified atom stereocenters. The summed E-state index contributed by atoms with van der Waals surface area (Å²) in [5, 5.41) is 6.46. The van der Waals surface area contributed by atoms with Crippen LogP contribution in [-0.2, 0) is 0 Å². The van der Waals surface area contributed by atoms with E-state index in [4.69, 9.17) is 16.6 Å². The standard InChI is InChI=1S/C26H13ClN2S2/c27-26-28-22-17-10-4-6-12-20(17)31-25(22)23(29-26)18-13-14-7-1-2-8-15(14)21-16-9-3-5-11-19(16)30-24(18)21/h1-13H. The highest BCUT2D eigenvalue weighted by Crippen LogP contribution is 2.46. The van der Waals surface area contributed by atoms with Gasteiger partial charge in [-0.3, -0.25) is 0 Å². The lowest BCUT2D eigenvalue weighted by molar-refractivity contribution is 1.24. The van der Waals surface area contributed by atoms with Crippen molar-refractivity contribution in [1.82, 2.24) is 9.97 Å². The summed E-state index contributed by atoms with van der Waals surface area (Å²) in [5.41, 5.74) is 2.97. The molecule has 0 atom stereocenters. The van der Waals surface area contributed by atoms with Crippen LogP contribution in [0.4, 0.5) is 0 Å². The smallest absolute Gasteiger partial charge is 0.216 e. The zero-order valence-corrected chi connectivity index (χ0v) is 18.5. The second kappa shape index (κ2) is 6.47. The molecule has 31 heavy (non-hydrogen) atoms. The van der Waals surface area contributed by atoms with Crippen molar-refractivity contribution >= 4 is 85.5 Å². The molecule has 0 aliphatic carbocycles. The average Bonchev–Trinajstić information content (AvgIpc) is 3.37. The first-order valence-electron chi connectivity index (χ1n) is 9.96. The number of nitrogens with zero attached hydrogens (tertiary/aromatic N) is 2. The fraction of sp³-hybridized carbons (Fsp3) is 0. The Balaban J connectivity index is 1.71. The molecule has 146 valence electrons. The van der Waals surface area contributed by atoms with Crippen LogP contribution in [0, 0.1) is 0 Å². The van der Waals surface area contributed by atoms with E-state index in [0.717, 1.165) is 26.9 Å². The number of hydrogen-bond acceptors (Lipinski definition) is 4. The van der Waals surface area contributed by atoms with Gasteiger partial charge in [0.05, 0.1) is 15.9 Å². The second-order valence-corrected chi connectivity index (χ2v) is 10.0. The van der Waals surface area contributed by atoms with Crippen LogP contribution < -0.4 is 0 Å². The first-order valence-corrected chi connectivity index (χ1v) is 12.0. The van der Waals surface area contributed by atoms with Gasteiger partial charge in [0.2, 0.25) is 5.28 Å². The highest BCUT2D eigenvalue weighted by atomic mass is 35.5. The van der Waals surface area contributed by atoms with Crippen LogP contribution in [0.1, 0.15) is 0 Å². The highest BCUT2D eigenvalue weighted by Gasteiger charge is 2.20. The lowest BCUT2D eigenvalue weighted by Gasteiger charge is -2.08. The van der Waals surface area contributed by atoms with Crippen LogP contribution in [0.15, 0.2) is 78.9 Å². The molecule has 5 heteroatoms. The van der Waals surface area contributed by atoms with Gasteiger partial charge in [0.1, 0.15) is 0 Å². The summed E-state index contributed by atoms with van der Waals surface area (Å²) in [6.07, 6.45) is 0. The predicted molar refractivity (Wildman–Crippen MR) is 136 cm³/mol. The third-order valence-electron chi connectivity index (χ3n) is 5.82. The molecule has 4 aromatic carbocycles. The van der Waals surface area contributed by atoms with E-state index in [1.54, 1.807) is 11.3 Å². The van der Waals surface area contributed by atoms with Gasteiger partial charge in [0.25, 0.3) is 0 Å². The van der Waals surface area contributed by atoms with Crippen molar-refractivity contribution in [2.24, 2.45) is 0 Å². The molecule has 0 aliphatic rings. The topological polar surface area (TPSA) is 25.8 Å². The fourth-order valence-corrected chi connectivity index (χ4v) is 7.05. The molecule has 0 saturated heterocycles. The molecule has 0 fully saturated rings. The minimum atomic E-state index is 0.286. The van der Waals surface area contributed by atoms with E-state index in [1.165, 1.54) is 35.6 Å². The number of aromatic nitrogens is 2. The van der Waals surface area contributed by atoms with Gasteiger partial charge in [-0.25, -0.2) is 9.97 Å². The van der Waals surface area contributed by atoms with Crippen molar-refractivity contribution in [2.75, 3.05) is 0 Å². The lowest BCUT2D eigenvalue weighted by atomic mass is 9.99. The van der Waals surface area contributed by atoms with Gasteiger partial charge < -0.3 is 0 Å². The van der Waals surface area contributed by atoms with E-state index in [1.807, 2.05) is 17.4 Å². The minimum Gasteiger partial charge on any atom is -0.216 e. The van der Waals surface area contributed by atoms with Gasteiger partial charge in [0, 0.05) is 35.8 Å². The van der Waals surface area contributed by atoms with E-state index in [2.05, 4.69) is 77.8 Å². The Morgan fingerprint density at radius 1 is 0.645 bits per heavy atom. The van der Waals surface area contributed by atoms with E-state index < -0.39 is 0 Å². The third-order valence-corrected chi connectivity index (χ3v) is 8.36. The molecule has 0 aliphatic heterocycles. The first-order chi connectivity index (χ1) is 15.3. The third kappa shape index (κ3) is 2.50. The van der Waals surface area contributed by atoms with E-state index in [9.17, 15) is 0 Å². The SMILES string of the molecule is Clc1nc(-c2cc3ccccc3c3c2sc2ccccc23)c2sc3ccccc3c2n1. The van der Waals surface area contributed by atoms with E-state index in [-0.39, 0.29) is 5.28 Å². The van der Waals surface area contributed by atoms with Crippen molar-refractivity contribution in [3.05, 3.63) is 84.1 Å². The van der Waals surface area contributed by atoms with Crippen LogP contribution in [0.2, 0.25) is 5.28 Å². The van der Waals surface area contributed by atoms with E-state index >= 15 is 0 Å². The van der Waals surface area contributed by atoms with Crippen molar-refractivity contribution in [3.63, 3.8) is 0 Å². The molecule has 0 radical (unpaired) electrons. The van der Waals surface area contributed by atoms with Crippen LogP contribution >= 0.6 is 34.3 Å². The molecule has 0 saturated carbocycles. The molecule has 0 amide bonds. The maximum Gasteiger partial charge on any atom is 0.223 e. The zero-order chi connectivity index (χ0) is 20.5. The zero-order valence-electron chi connectivity index (χ0n) is 16.1. The van der Waals surface area contributed by atoms with Crippen LogP contribution in [0.25, 0.3) is 62.5 Å². The normalized spacial score (nSPS) is 12.0. The predicted octanol–water partition coefficient (Wildman–Crippen LogP) is 8.69. The molecular weight excluding hydrogens is 440 g/mol. The number of halogens is 1. The van der Waals surface area contributed by atoms with Gasteiger partial charge in [-0.05, 0) is 40.6 Å². The molecular formula is C26H13ClN2S2. The maximum absolute atomic E-state index is 6.46. The molecule has 2 nitrogen and oxygen atoms in total. The molecule has 3 heterocycles. The van der Waals surface area contributed by atoms with Gasteiger partial charge in [-0.1, -0.05) is 60.7 Å². The lowest BCUT2D eigenvalue weighted by Crippen LogP contribution is -1.90. The van der Waals surface area contributed by atoms with Crippen LogP contribution in [-0.4, -0.2) is 9.97 Å². The Bertz CT molecular complexity index is 1810. The van der Waals surface area contributed by atoms with Crippen molar-refractivity contribution in [3.8, 4) is 11.3 Å². The maximum atomic E-state index is 6.46. The van der Waals surface area contributed by atoms with Crippen LogP contribution in [0.3, 0.4) is 0 Å². The number of thiophene rings is 2. The fourth-order valence-electron chi connectivity index (χ4n) is 4.50. The number of rotatable bonds is 1. The average molecular weight is 453 g/mol. The number of hydrogen-bond donors (Lipinski definition) is 0. The summed E-state index contributed by atoms with van der Waals surface area (Å²) >= 11 is 10.0. The molecule has 7 aromatic rings. The molecule has 0 bridgehead atoms. The van der Waals surface area contributed by atoms with Crippen molar-refractivity contribution in [1.29, 1.82) is 0 Å².